The molecule has 8 rings (SSSR count). The van der Waals surface area contributed by atoms with Crippen LogP contribution in [0.15, 0.2) is 121 Å². The van der Waals surface area contributed by atoms with Gasteiger partial charge in [0.1, 0.15) is 11.6 Å². The van der Waals surface area contributed by atoms with Crippen molar-refractivity contribution in [3.8, 4) is 11.4 Å². The standard InChI is InChI=1S/C37H29N3O/c1-37(2)31-12-6-7-14-34(31)40-33-20-17-26(23-30(33)29-11-8-13-32(37)35(29)40)39(25-15-18-27(41-3)19-16-25)36-28-10-5-4-9-24(28)21-22-38-36/h4-23H,1-3H3. The summed E-state index contributed by atoms with van der Waals surface area (Å²) in [6.45, 7) is 4.68. The number of hydrogen-bond acceptors (Lipinski definition) is 3. The lowest BCUT2D eigenvalue weighted by molar-refractivity contribution is 0.415. The van der Waals surface area contributed by atoms with Crippen LogP contribution in [0.25, 0.3) is 38.3 Å². The lowest BCUT2D eigenvalue weighted by Crippen LogP contribution is -2.26. The number of anilines is 3. The second-order valence-corrected chi connectivity index (χ2v) is 11.3. The van der Waals surface area contributed by atoms with Gasteiger partial charge in [0.05, 0.1) is 23.8 Å². The van der Waals surface area contributed by atoms with E-state index < -0.39 is 0 Å². The molecule has 1 aliphatic heterocycles. The van der Waals surface area contributed by atoms with E-state index in [0.717, 1.165) is 33.7 Å². The van der Waals surface area contributed by atoms with Crippen molar-refractivity contribution in [2.24, 2.45) is 0 Å². The van der Waals surface area contributed by atoms with Gasteiger partial charge in [-0.05, 0) is 71.1 Å². The van der Waals surface area contributed by atoms with E-state index in [1.54, 1.807) is 7.11 Å². The Bertz CT molecular complexity index is 2120. The van der Waals surface area contributed by atoms with Crippen LogP contribution in [0.3, 0.4) is 0 Å². The van der Waals surface area contributed by atoms with Crippen molar-refractivity contribution in [2.75, 3.05) is 12.0 Å². The summed E-state index contributed by atoms with van der Waals surface area (Å²) in [6, 6.07) is 41.1. The number of para-hydroxylation sites is 2. The first-order valence-electron chi connectivity index (χ1n) is 14.0. The van der Waals surface area contributed by atoms with Crippen molar-refractivity contribution in [3.63, 3.8) is 0 Å². The zero-order chi connectivity index (χ0) is 27.7. The number of methoxy groups -OCH3 is 1. The SMILES string of the molecule is COc1ccc(N(c2ccc3c(c2)c2cccc4c2n3-c2ccccc2C4(C)C)c2nccc3ccccc23)cc1. The summed E-state index contributed by atoms with van der Waals surface area (Å²) in [5.41, 5.74) is 8.45. The van der Waals surface area contributed by atoms with Crippen LogP contribution in [0.1, 0.15) is 25.0 Å². The molecule has 2 aromatic heterocycles. The minimum Gasteiger partial charge on any atom is -0.497 e. The third kappa shape index (κ3) is 3.37. The summed E-state index contributed by atoms with van der Waals surface area (Å²) in [4.78, 5) is 7.18. The molecular formula is C37H29N3O. The van der Waals surface area contributed by atoms with E-state index in [2.05, 4.69) is 126 Å². The lowest BCUT2D eigenvalue weighted by atomic mass is 9.75. The summed E-state index contributed by atoms with van der Waals surface area (Å²) in [6.07, 6.45) is 1.90. The van der Waals surface area contributed by atoms with Crippen molar-refractivity contribution in [1.29, 1.82) is 0 Å². The first kappa shape index (κ1) is 23.8. The van der Waals surface area contributed by atoms with Gasteiger partial charge in [-0.25, -0.2) is 4.98 Å². The normalized spacial score (nSPS) is 13.4. The molecule has 0 saturated heterocycles. The molecule has 0 radical (unpaired) electrons. The Morgan fingerprint density at radius 2 is 1.41 bits per heavy atom. The lowest BCUT2D eigenvalue weighted by Gasteiger charge is -2.34. The van der Waals surface area contributed by atoms with Crippen LogP contribution in [0, 0.1) is 0 Å². The first-order valence-corrected chi connectivity index (χ1v) is 14.0. The van der Waals surface area contributed by atoms with E-state index in [-0.39, 0.29) is 5.41 Å². The fourth-order valence-corrected chi connectivity index (χ4v) is 6.70. The Balaban J connectivity index is 1.43. The fraction of sp³-hybridized carbons (Fsp3) is 0.108. The van der Waals surface area contributed by atoms with Crippen LogP contribution in [-0.2, 0) is 5.41 Å². The van der Waals surface area contributed by atoms with Gasteiger partial charge in [0.2, 0.25) is 0 Å². The Morgan fingerprint density at radius 3 is 2.27 bits per heavy atom. The quantitative estimate of drug-likeness (QED) is 0.227. The second kappa shape index (κ2) is 8.70. The molecule has 1 aliphatic rings. The average Bonchev–Trinajstić information content (AvgIpc) is 3.35. The number of benzene rings is 5. The number of rotatable bonds is 4. The molecule has 41 heavy (non-hydrogen) atoms. The zero-order valence-corrected chi connectivity index (χ0v) is 23.3. The molecule has 0 amide bonds. The molecule has 0 saturated carbocycles. The first-order chi connectivity index (χ1) is 20.1. The van der Waals surface area contributed by atoms with Crippen molar-refractivity contribution in [1.82, 2.24) is 9.55 Å². The highest BCUT2D eigenvalue weighted by molar-refractivity contribution is 6.13. The molecule has 4 heteroatoms. The van der Waals surface area contributed by atoms with Crippen molar-refractivity contribution < 1.29 is 4.74 Å². The minimum absolute atomic E-state index is 0.0920. The third-order valence-electron chi connectivity index (χ3n) is 8.72. The molecule has 0 N–H and O–H groups in total. The molecule has 0 fully saturated rings. The monoisotopic (exact) mass is 531 g/mol. The van der Waals surface area contributed by atoms with E-state index in [1.807, 2.05) is 18.3 Å². The third-order valence-corrected chi connectivity index (χ3v) is 8.72. The summed E-state index contributed by atoms with van der Waals surface area (Å²) in [5, 5.41) is 4.75. The number of ether oxygens (including phenoxy) is 1. The van der Waals surface area contributed by atoms with Crippen molar-refractivity contribution in [3.05, 3.63) is 133 Å². The van der Waals surface area contributed by atoms with Gasteiger partial charge in [-0.1, -0.05) is 74.5 Å². The minimum atomic E-state index is -0.0920. The van der Waals surface area contributed by atoms with Crippen LogP contribution in [-0.4, -0.2) is 16.7 Å². The maximum absolute atomic E-state index is 5.48. The molecule has 0 aliphatic carbocycles. The maximum Gasteiger partial charge on any atom is 0.145 e. The highest BCUT2D eigenvalue weighted by atomic mass is 16.5. The highest BCUT2D eigenvalue weighted by Crippen LogP contribution is 2.48. The van der Waals surface area contributed by atoms with Gasteiger partial charge in [-0.2, -0.15) is 0 Å². The van der Waals surface area contributed by atoms with E-state index in [9.17, 15) is 0 Å². The predicted molar refractivity (Wildman–Crippen MR) is 169 cm³/mol. The topological polar surface area (TPSA) is 30.3 Å². The maximum atomic E-state index is 5.48. The Labute approximate surface area is 239 Å². The van der Waals surface area contributed by atoms with Crippen LogP contribution in [0.4, 0.5) is 17.2 Å². The molecule has 0 bridgehead atoms. The predicted octanol–water partition coefficient (Wildman–Crippen LogP) is 9.45. The molecule has 0 atom stereocenters. The van der Waals surface area contributed by atoms with Gasteiger partial charge in [0.15, 0.2) is 0 Å². The Morgan fingerprint density at radius 1 is 0.683 bits per heavy atom. The van der Waals surface area contributed by atoms with Crippen LogP contribution in [0.5, 0.6) is 5.75 Å². The Hall–Kier alpha value is -5.09. The highest BCUT2D eigenvalue weighted by Gasteiger charge is 2.34. The van der Waals surface area contributed by atoms with Gasteiger partial charge in [0, 0.05) is 39.1 Å². The second-order valence-electron chi connectivity index (χ2n) is 11.3. The van der Waals surface area contributed by atoms with Crippen LogP contribution in [0.2, 0.25) is 0 Å². The van der Waals surface area contributed by atoms with Crippen LogP contribution >= 0.6 is 0 Å². The van der Waals surface area contributed by atoms with Crippen LogP contribution < -0.4 is 9.64 Å². The largest absolute Gasteiger partial charge is 0.497 e. The van der Waals surface area contributed by atoms with Crippen molar-refractivity contribution >= 4 is 49.8 Å². The van der Waals surface area contributed by atoms with Gasteiger partial charge >= 0.3 is 0 Å². The average molecular weight is 532 g/mol. The molecule has 5 aromatic carbocycles. The van der Waals surface area contributed by atoms with Gasteiger partial charge in [-0.3, -0.25) is 4.90 Å². The van der Waals surface area contributed by atoms with Gasteiger partial charge in [-0.15, -0.1) is 0 Å². The van der Waals surface area contributed by atoms with E-state index >= 15 is 0 Å². The summed E-state index contributed by atoms with van der Waals surface area (Å²) < 4.78 is 7.93. The summed E-state index contributed by atoms with van der Waals surface area (Å²) >= 11 is 0. The summed E-state index contributed by atoms with van der Waals surface area (Å²) in [5.74, 6) is 1.72. The van der Waals surface area contributed by atoms with E-state index in [4.69, 9.17) is 9.72 Å². The van der Waals surface area contributed by atoms with E-state index in [0.29, 0.717) is 0 Å². The molecular weight excluding hydrogens is 502 g/mol. The summed E-state index contributed by atoms with van der Waals surface area (Å²) in [7, 11) is 1.70. The molecule has 4 nitrogen and oxygen atoms in total. The smallest absolute Gasteiger partial charge is 0.145 e. The molecule has 7 aromatic rings. The zero-order valence-electron chi connectivity index (χ0n) is 23.3. The fourth-order valence-electron chi connectivity index (χ4n) is 6.70. The van der Waals surface area contributed by atoms with E-state index in [1.165, 1.54) is 38.6 Å². The van der Waals surface area contributed by atoms with Crippen molar-refractivity contribution in [2.45, 2.75) is 19.3 Å². The molecule has 198 valence electrons. The number of fused-ring (bicyclic) bond motifs is 6. The molecule has 0 unspecified atom stereocenters. The number of hydrogen-bond donors (Lipinski definition) is 0. The number of pyridine rings is 1. The number of aromatic nitrogens is 2. The Kier molecular flexibility index (Phi) is 5.05. The molecule has 0 spiro atoms. The van der Waals surface area contributed by atoms with Gasteiger partial charge < -0.3 is 9.30 Å². The molecule has 3 heterocycles. The van der Waals surface area contributed by atoms with Gasteiger partial charge in [0.25, 0.3) is 0 Å². The number of nitrogens with zero attached hydrogens (tertiary/aromatic N) is 3.